The molecule has 1 amide bonds. The Morgan fingerprint density at radius 3 is 2.79 bits per heavy atom. The normalized spacial score (nSPS) is 12.0. The summed E-state index contributed by atoms with van der Waals surface area (Å²) in [5.74, 6) is 0.514. The van der Waals surface area contributed by atoms with Crippen LogP contribution in [-0.4, -0.2) is 27.8 Å². The smallest absolute Gasteiger partial charge is 0.262 e. The second kappa shape index (κ2) is 9.60. The quantitative estimate of drug-likeness (QED) is 0.441. The molecule has 1 aromatic heterocycles. The molecular formula is C22H25N3O3S. The van der Waals surface area contributed by atoms with Gasteiger partial charge in [0.15, 0.2) is 5.16 Å². The molecule has 1 atom stereocenters. The summed E-state index contributed by atoms with van der Waals surface area (Å²) in [5, 5.41) is 3.63. The highest BCUT2D eigenvalue weighted by molar-refractivity contribution is 8.00. The van der Waals surface area contributed by atoms with Crippen molar-refractivity contribution in [2.75, 3.05) is 12.4 Å². The Morgan fingerprint density at radius 2 is 2.03 bits per heavy atom. The van der Waals surface area contributed by atoms with Crippen LogP contribution in [0.4, 0.5) is 5.69 Å². The van der Waals surface area contributed by atoms with Gasteiger partial charge in [-0.25, -0.2) is 4.98 Å². The van der Waals surface area contributed by atoms with Crippen LogP contribution in [0.2, 0.25) is 0 Å². The van der Waals surface area contributed by atoms with E-state index in [0.29, 0.717) is 34.0 Å². The third-order valence-electron chi connectivity index (χ3n) is 4.55. The standard InChI is InChI=1S/C22H25N3O3S/c1-4-5-13-25-21(27)18-11-6-7-12-19(18)24-22(25)29-15(2)20(26)23-16-9-8-10-17(14-16)28-3/h6-12,14-15H,4-5,13H2,1-3H3,(H,23,26)/t15-/m0/s1. The van der Waals surface area contributed by atoms with Crippen LogP contribution in [0.25, 0.3) is 10.9 Å². The number of aromatic nitrogens is 2. The lowest BCUT2D eigenvalue weighted by Gasteiger charge is -2.16. The lowest BCUT2D eigenvalue weighted by Crippen LogP contribution is -2.27. The van der Waals surface area contributed by atoms with Gasteiger partial charge in [-0.2, -0.15) is 0 Å². The first-order valence-electron chi connectivity index (χ1n) is 9.64. The van der Waals surface area contributed by atoms with Gasteiger partial charge in [0.05, 0.1) is 23.3 Å². The Balaban J connectivity index is 1.85. The molecule has 0 fully saturated rings. The molecule has 0 spiro atoms. The first-order valence-corrected chi connectivity index (χ1v) is 10.5. The first kappa shape index (κ1) is 20.9. The van der Waals surface area contributed by atoms with Crippen molar-refractivity contribution in [3.05, 3.63) is 58.9 Å². The second-order valence-corrected chi connectivity index (χ2v) is 8.01. The number of nitrogens with one attached hydrogen (secondary N) is 1. The number of para-hydroxylation sites is 1. The van der Waals surface area contributed by atoms with Crippen molar-refractivity contribution in [1.82, 2.24) is 9.55 Å². The van der Waals surface area contributed by atoms with E-state index >= 15 is 0 Å². The van der Waals surface area contributed by atoms with Crippen LogP contribution in [0.3, 0.4) is 0 Å². The molecule has 0 bridgehead atoms. The molecule has 0 aliphatic heterocycles. The van der Waals surface area contributed by atoms with Crippen molar-refractivity contribution in [3.8, 4) is 5.75 Å². The summed E-state index contributed by atoms with van der Waals surface area (Å²) in [5.41, 5.74) is 1.25. The molecule has 0 aliphatic rings. The van der Waals surface area contributed by atoms with Gasteiger partial charge in [-0.05, 0) is 37.6 Å². The largest absolute Gasteiger partial charge is 0.497 e. The molecule has 29 heavy (non-hydrogen) atoms. The van der Waals surface area contributed by atoms with Gasteiger partial charge in [-0.15, -0.1) is 0 Å². The van der Waals surface area contributed by atoms with Crippen molar-refractivity contribution in [3.63, 3.8) is 0 Å². The van der Waals surface area contributed by atoms with Crippen molar-refractivity contribution in [1.29, 1.82) is 0 Å². The van der Waals surface area contributed by atoms with E-state index in [1.165, 1.54) is 11.8 Å². The zero-order chi connectivity index (χ0) is 20.8. The number of fused-ring (bicyclic) bond motifs is 1. The van der Waals surface area contributed by atoms with Crippen LogP contribution in [-0.2, 0) is 11.3 Å². The minimum absolute atomic E-state index is 0.0630. The summed E-state index contributed by atoms with van der Waals surface area (Å²) in [6.07, 6.45) is 1.84. The number of unbranched alkanes of at least 4 members (excludes halogenated alkanes) is 1. The highest BCUT2D eigenvalue weighted by Gasteiger charge is 2.19. The van der Waals surface area contributed by atoms with Gasteiger partial charge in [-0.3, -0.25) is 14.2 Å². The predicted octanol–water partition coefficient (Wildman–Crippen LogP) is 4.32. The topological polar surface area (TPSA) is 73.2 Å². The Bertz CT molecular complexity index is 1060. The zero-order valence-corrected chi connectivity index (χ0v) is 17.7. The number of carbonyl (C=O) groups is 1. The van der Waals surface area contributed by atoms with Gasteiger partial charge < -0.3 is 10.1 Å². The fourth-order valence-corrected chi connectivity index (χ4v) is 3.84. The molecule has 3 aromatic rings. The van der Waals surface area contributed by atoms with E-state index in [0.717, 1.165) is 12.8 Å². The molecule has 0 aliphatic carbocycles. The van der Waals surface area contributed by atoms with Crippen LogP contribution in [0.5, 0.6) is 5.75 Å². The number of benzene rings is 2. The fourth-order valence-electron chi connectivity index (χ4n) is 2.91. The van der Waals surface area contributed by atoms with E-state index < -0.39 is 5.25 Å². The number of hydrogen-bond donors (Lipinski definition) is 1. The number of amides is 1. The van der Waals surface area contributed by atoms with E-state index in [4.69, 9.17) is 4.74 Å². The second-order valence-electron chi connectivity index (χ2n) is 6.70. The number of methoxy groups -OCH3 is 1. The van der Waals surface area contributed by atoms with Gasteiger partial charge in [0.1, 0.15) is 5.75 Å². The molecule has 0 radical (unpaired) electrons. The van der Waals surface area contributed by atoms with Gasteiger partial charge in [0.2, 0.25) is 5.91 Å². The van der Waals surface area contributed by atoms with E-state index in [9.17, 15) is 9.59 Å². The zero-order valence-electron chi connectivity index (χ0n) is 16.8. The Hall–Kier alpha value is -2.80. The van der Waals surface area contributed by atoms with E-state index in [1.54, 1.807) is 23.8 Å². The predicted molar refractivity (Wildman–Crippen MR) is 118 cm³/mol. The van der Waals surface area contributed by atoms with Crippen molar-refractivity contribution in [2.45, 2.75) is 43.6 Å². The molecule has 3 rings (SSSR count). The van der Waals surface area contributed by atoms with Crippen LogP contribution < -0.4 is 15.6 Å². The highest BCUT2D eigenvalue weighted by atomic mass is 32.2. The van der Waals surface area contributed by atoms with Crippen LogP contribution in [0, 0.1) is 0 Å². The van der Waals surface area contributed by atoms with Gasteiger partial charge >= 0.3 is 0 Å². The number of thioether (sulfide) groups is 1. The molecule has 0 saturated heterocycles. The maximum absolute atomic E-state index is 13.0. The summed E-state index contributed by atoms with van der Waals surface area (Å²) < 4.78 is 6.88. The van der Waals surface area contributed by atoms with Crippen molar-refractivity contribution in [2.24, 2.45) is 0 Å². The number of ether oxygens (including phenoxy) is 1. The molecule has 6 nitrogen and oxygen atoms in total. The summed E-state index contributed by atoms with van der Waals surface area (Å²) in [6.45, 7) is 4.47. The molecule has 0 unspecified atom stereocenters. The van der Waals surface area contributed by atoms with E-state index in [-0.39, 0.29) is 11.5 Å². The minimum Gasteiger partial charge on any atom is -0.497 e. The summed E-state index contributed by atoms with van der Waals surface area (Å²) in [7, 11) is 1.58. The maximum Gasteiger partial charge on any atom is 0.262 e. The van der Waals surface area contributed by atoms with Crippen molar-refractivity contribution < 1.29 is 9.53 Å². The Kier molecular flexibility index (Phi) is 6.93. The number of rotatable bonds is 8. The summed E-state index contributed by atoms with van der Waals surface area (Å²) in [6, 6.07) is 14.5. The molecule has 152 valence electrons. The number of carbonyl (C=O) groups excluding carboxylic acids is 1. The lowest BCUT2D eigenvalue weighted by atomic mass is 10.2. The third kappa shape index (κ3) is 4.98. The van der Waals surface area contributed by atoms with E-state index in [2.05, 4.69) is 17.2 Å². The minimum atomic E-state index is -0.429. The van der Waals surface area contributed by atoms with Gasteiger partial charge in [0.25, 0.3) is 5.56 Å². The Labute approximate surface area is 174 Å². The monoisotopic (exact) mass is 411 g/mol. The summed E-state index contributed by atoms with van der Waals surface area (Å²) >= 11 is 1.30. The SMILES string of the molecule is CCCCn1c(S[C@@H](C)C(=O)Nc2cccc(OC)c2)nc2ccccc2c1=O. The molecular weight excluding hydrogens is 386 g/mol. The molecule has 2 aromatic carbocycles. The lowest BCUT2D eigenvalue weighted by molar-refractivity contribution is -0.115. The number of nitrogens with zero attached hydrogens (tertiary/aromatic N) is 2. The van der Waals surface area contributed by atoms with Crippen LogP contribution in [0.1, 0.15) is 26.7 Å². The molecule has 0 saturated carbocycles. The maximum atomic E-state index is 13.0. The van der Waals surface area contributed by atoms with Gasteiger partial charge in [-0.1, -0.05) is 43.3 Å². The Morgan fingerprint density at radius 1 is 1.24 bits per heavy atom. The average molecular weight is 412 g/mol. The average Bonchev–Trinajstić information content (AvgIpc) is 2.73. The number of anilines is 1. The third-order valence-corrected chi connectivity index (χ3v) is 5.64. The molecule has 1 N–H and O–H groups in total. The molecule has 7 heteroatoms. The number of hydrogen-bond acceptors (Lipinski definition) is 5. The van der Waals surface area contributed by atoms with E-state index in [1.807, 2.05) is 43.3 Å². The molecule has 1 heterocycles. The van der Waals surface area contributed by atoms with Crippen LogP contribution in [0.15, 0.2) is 58.5 Å². The first-order chi connectivity index (χ1) is 14.0. The summed E-state index contributed by atoms with van der Waals surface area (Å²) in [4.78, 5) is 30.3. The fraction of sp³-hybridized carbons (Fsp3) is 0.318. The van der Waals surface area contributed by atoms with Crippen LogP contribution >= 0.6 is 11.8 Å². The highest BCUT2D eigenvalue weighted by Crippen LogP contribution is 2.25. The van der Waals surface area contributed by atoms with Crippen molar-refractivity contribution >= 4 is 34.3 Å². The van der Waals surface area contributed by atoms with Gasteiger partial charge in [0, 0.05) is 18.3 Å².